The van der Waals surface area contributed by atoms with Crippen molar-refractivity contribution in [3.63, 3.8) is 0 Å². The summed E-state index contributed by atoms with van der Waals surface area (Å²) in [4.78, 5) is 15.3. The molecule has 2 rings (SSSR count). The van der Waals surface area contributed by atoms with Gasteiger partial charge in [-0.2, -0.15) is 4.98 Å². The SMILES string of the molecule is Nc1nc(=O)n(C2CSC(CO)O2)cc1P. The number of rotatable bonds is 2. The molecule has 16 heavy (non-hydrogen) atoms. The van der Waals surface area contributed by atoms with Crippen LogP contribution >= 0.6 is 21.0 Å². The van der Waals surface area contributed by atoms with E-state index in [-0.39, 0.29) is 24.1 Å². The van der Waals surface area contributed by atoms with Gasteiger partial charge in [0.2, 0.25) is 0 Å². The van der Waals surface area contributed by atoms with Crippen molar-refractivity contribution < 1.29 is 9.84 Å². The Labute approximate surface area is 98.4 Å². The van der Waals surface area contributed by atoms with Gasteiger partial charge in [0.25, 0.3) is 0 Å². The van der Waals surface area contributed by atoms with Crippen LogP contribution in [-0.2, 0) is 4.74 Å². The predicted molar refractivity (Wildman–Crippen MR) is 65.7 cm³/mol. The Morgan fingerprint density at radius 2 is 2.56 bits per heavy atom. The number of thioether (sulfide) groups is 1. The van der Waals surface area contributed by atoms with Crippen LogP contribution in [0.15, 0.2) is 11.0 Å². The lowest BCUT2D eigenvalue weighted by Gasteiger charge is -2.14. The average molecular weight is 261 g/mol. The Bertz CT molecular complexity index is 453. The van der Waals surface area contributed by atoms with E-state index >= 15 is 0 Å². The highest BCUT2D eigenvalue weighted by atomic mass is 32.2. The summed E-state index contributed by atoms with van der Waals surface area (Å²) in [5, 5.41) is 9.58. The summed E-state index contributed by atoms with van der Waals surface area (Å²) in [6, 6.07) is 0. The van der Waals surface area contributed by atoms with Crippen LogP contribution in [0.25, 0.3) is 0 Å². The van der Waals surface area contributed by atoms with Crippen LogP contribution in [-0.4, -0.2) is 32.5 Å². The van der Waals surface area contributed by atoms with Crippen molar-refractivity contribution in [1.29, 1.82) is 0 Å². The summed E-state index contributed by atoms with van der Waals surface area (Å²) >= 11 is 1.47. The number of nitrogens with zero attached hydrogens (tertiary/aromatic N) is 2. The maximum absolute atomic E-state index is 11.6. The topological polar surface area (TPSA) is 90.4 Å². The smallest absolute Gasteiger partial charge is 0.351 e. The molecule has 6 nitrogen and oxygen atoms in total. The number of aliphatic hydroxyl groups is 1. The number of ether oxygens (including phenoxy) is 1. The molecule has 8 heteroatoms. The largest absolute Gasteiger partial charge is 0.393 e. The number of nitrogens with two attached hydrogens (primary N) is 1. The molecule has 3 atom stereocenters. The van der Waals surface area contributed by atoms with Gasteiger partial charge in [0, 0.05) is 17.3 Å². The van der Waals surface area contributed by atoms with Crippen LogP contribution < -0.4 is 16.7 Å². The van der Waals surface area contributed by atoms with Crippen LogP contribution in [0.3, 0.4) is 0 Å². The fraction of sp³-hybridized carbons (Fsp3) is 0.500. The first kappa shape index (κ1) is 11.9. The molecular formula is C8H12N3O3PS. The van der Waals surface area contributed by atoms with Crippen LogP contribution in [0.5, 0.6) is 0 Å². The molecule has 1 aliphatic rings. The molecule has 0 bridgehead atoms. The summed E-state index contributed by atoms with van der Waals surface area (Å²) in [5.41, 5.74) is 4.80. The van der Waals surface area contributed by atoms with Gasteiger partial charge >= 0.3 is 5.69 Å². The number of hydrogen-bond donors (Lipinski definition) is 2. The highest BCUT2D eigenvalue weighted by molar-refractivity contribution is 8.00. The molecule has 0 amide bonds. The third kappa shape index (κ3) is 2.22. The third-order valence-corrected chi connectivity index (χ3v) is 3.76. The summed E-state index contributed by atoms with van der Waals surface area (Å²) in [6.07, 6.45) is 1.21. The molecule has 1 aromatic rings. The zero-order valence-electron chi connectivity index (χ0n) is 8.37. The van der Waals surface area contributed by atoms with Gasteiger partial charge in [0.05, 0.1) is 6.61 Å². The number of nitrogen functional groups attached to an aromatic ring is 1. The van der Waals surface area contributed by atoms with Crippen molar-refractivity contribution in [2.45, 2.75) is 11.7 Å². The van der Waals surface area contributed by atoms with Crippen molar-refractivity contribution in [3.8, 4) is 0 Å². The van der Waals surface area contributed by atoms with Gasteiger partial charge in [-0.1, -0.05) is 9.24 Å². The second-order valence-electron chi connectivity index (χ2n) is 3.31. The minimum atomic E-state index is -0.437. The second kappa shape index (κ2) is 4.71. The molecule has 1 fully saturated rings. The van der Waals surface area contributed by atoms with Crippen molar-refractivity contribution in [3.05, 3.63) is 16.7 Å². The van der Waals surface area contributed by atoms with Gasteiger partial charge in [0.1, 0.15) is 17.5 Å². The fourth-order valence-electron chi connectivity index (χ4n) is 1.39. The van der Waals surface area contributed by atoms with E-state index < -0.39 is 5.69 Å². The summed E-state index contributed by atoms with van der Waals surface area (Å²) in [5.74, 6) is 0.816. The monoisotopic (exact) mass is 261 g/mol. The van der Waals surface area contributed by atoms with Crippen molar-refractivity contribution >= 4 is 32.1 Å². The lowest BCUT2D eigenvalue weighted by Crippen LogP contribution is -2.32. The third-order valence-electron chi connectivity index (χ3n) is 2.20. The van der Waals surface area contributed by atoms with E-state index in [9.17, 15) is 4.79 Å². The molecule has 0 spiro atoms. The Morgan fingerprint density at radius 1 is 1.81 bits per heavy atom. The number of anilines is 1. The number of hydrogen-bond acceptors (Lipinski definition) is 6. The zero-order chi connectivity index (χ0) is 11.7. The van der Waals surface area contributed by atoms with E-state index in [1.165, 1.54) is 16.3 Å². The molecular weight excluding hydrogens is 249 g/mol. The molecule has 0 saturated carbocycles. The quantitative estimate of drug-likeness (QED) is 0.657. The molecule has 3 N–H and O–H groups in total. The van der Waals surface area contributed by atoms with Gasteiger partial charge in [-0.15, -0.1) is 11.8 Å². The van der Waals surface area contributed by atoms with E-state index in [1.54, 1.807) is 6.20 Å². The molecule has 0 radical (unpaired) electrons. The molecule has 1 aromatic heterocycles. The van der Waals surface area contributed by atoms with Gasteiger partial charge in [0.15, 0.2) is 0 Å². The summed E-state index contributed by atoms with van der Waals surface area (Å²) in [6.45, 7) is -0.0634. The first-order chi connectivity index (χ1) is 7.61. The Balaban J connectivity index is 2.28. The second-order valence-corrected chi connectivity index (χ2v) is 5.12. The first-order valence-corrected chi connectivity index (χ1v) is 6.26. The highest BCUT2D eigenvalue weighted by Gasteiger charge is 2.27. The summed E-state index contributed by atoms with van der Waals surface area (Å²) in [7, 11) is 2.41. The van der Waals surface area contributed by atoms with E-state index in [0.717, 1.165) is 0 Å². The number of aromatic nitrogens is 2. The Morgan fingerprint density at radius 3 is 3.19 bits per heavy atom. The van der Waals surface area contributed by atoms with Gasteiger partial charge < -0.3 is 15.6 Å². The lowest BCUT2D eigenvalue weighted by atomic mass is 10.5. The molecule has 1 saturated heterocycles. The average Bonchev–Trinajstić information content (AvgIpc) is 2.71. The van der Waals surface area contributed by atoms with Crippen LogP contribution in [0, 0.1) is 0 Å². The fourth-order valence-corrected chi connectivity index (χ4v) is 2.54. The molecule has 3 unspecified atom stereocenters. The van der Waals surface area contributed by atoms with E-state index in [2.05, 4.69) is 14.2 Å². The lowest BCUT2D eigenvalue weighted by molar-refractivity contribution is -0.00614. The molecule has 0 aliphatic carbocycles. The predicted octanol–water partition coefficient (Wildman–Crippen LogP) is -1.09. The number of aliphatic hydroxyl groups excluding tert-OH is 1. The maximum atomic E-state index is 11.6. The standard InChI is InChI=1S/C8H12N3O3PS/c9-7-4(15)1-11(8(13)10-7)5-3-16-6(2-12)14-5/h1,5-6,12H,2-3,15H2,(H2,9,10,13). The van der Waals surface area contributed by atoms with Crippen molar-refractivity contribution in [1.82, 2.24) is 9.55 Å². The highest BCUT2D eigenvalue weighted by Crippen LogP contribution is 2.30. The van der Waals surface area contributed by atoms with Crippen LogP contribution in [0.2, 0.25) is 0 Å². The molecule has 88 valence electrons. The van der Waals surface area contributed by atoms with Crippen molar-refractivity contribution in [2.24, 2.45) is 0 Å². The maximum Gasteiger partial charge on any atom is 0.351 e. The Kier molecular flexibility index (Phi) is 3.49. The molecule has 0 aromatic carbocycles. The molecule has 1 aliphatic heterocycles. The van der Waals surface area contributed by atoms with Gasteiger partial charge in [-0.3, -0.25) is 4.57 Å². The van der Waals surface area contributed by atoms with Gasteiger partial charge in [-0.05, 0) is 0 Å². The zero-order valence-corrected chi connectivity index (χ0v) is 10.3. The van der Waals surface area contributed by atoms with Gasteiger partial charge in [-0.25, -0.2) is 4.79 Å². The van der Waals surface area contributed by atoms with E-state index in [4.69, 9.17) is 15.6 Å². The minimum absolute atomic E-state index is 0.0634. The van der Waals surface area contributed by atoms with Crippen molar-refractivity contribution in [2.75, 3.05) is 18.1 Å². The van der Waals surface area contributed by atoms with Crippen LogP contribution in [0.1, 0.15) is 6.23 Å². The normalized spacial score (nSPS) is 24.9. The summed E-state index contributed by atoms with van der Waals surface area (Å²) < 4.78 is 6.85. The Hall–Kier alpha value is -0.620. The van der Waals surface area contributed by atoms with Crippen LogP contribution in [0.4, 0.5) is 5.82 Å². The molecule has 2 heterocycles. The van der Waals surface area contributed by atoms with E-state index in [0.29, 0.717) is 11.1 Å². The minimum Gasteiger partial charge on any atom is -0.393 e. The first-order valence-electron chi connectivity index (χ1n) is 4.64. The van der Waals surface area contributed by atoms with E-state index in [1.807, 2.05) is 0 Å².